The molecule has 0 fully saturated rings. The maximum absolute atomic E-state index is 11.7. The number of hydrogen-bond acceptors (Lipinski definition) is 0. The summed E-state index contributed by atoms with van der Waals surface area (Å²) >= 11 is -1.73. The van der Waals surface area contributed by atoms with Gasteiger partial charge in [-0.05, 0) is 0 Å². The quantitative estimate of drug-likeness (QED) is 0.219. The van der Waals surface area contributed by atoms with Crippen LogP contribution < -0.4 is 4.40 Å². The van der Waals surface area contributed by atoms with E-state index in [4.69, 9.17) is 0 Å². The first-order valence-electron chi connectivity index (χ1n) is 12.5. The minimum absolute atomic E-state index is 0. The predicted octanol–water partition coefficient (Wildman–Crippen LogP) is 8.95. The van der Waals surface area contributed by atoms with E-state index in [2.05, 4.69) is 141 Å². The van der Waals surface area contributed by atoms with Gasteiger partial charge in [-0.3, -0.25) is 0 Å². The smallest absolute Gasteiger partial charge is 4.00 e. The van der Waals surface area contributed by atoms with Crippen LogP contribution in [0.1, 0.15) is 125 Å². The molecule has 0 aliphatic rings. The molecule has 0 amide bonds. The van der Waals surface area contributed by atoms with Crippen LogP contribution in [0.25, 0.3) is 16.0 Å². The van der Waals surface area contributed by atoms with Crippen molar-refractivity contribution in [3.63, 3.8) is 0 Å². The van der Waals surface area contributed by atoms with Crippen LogP contribution in [0.4, 0.5) is 3.50 Å². The van der Waals surface area contributed by atoms with Crippen LogP contribution in [0.3, 0.4) is 0 Å². The van der Waals surface area contributed by atoms with Gasteiger partial charge in [-0.25, -0.2) is 0 Å². The molecule has 1 aromatic carbocycles. The van der Waals surface area contributed by atoms with Crippen LogP contribution in [0.15, 0.2) is 24.3 Å². The fourth-order valence-corrected chi connectivity index (χ4v) is 4.47. The Morgan fingerprint density at radius 2 is 0.629 bits per heavy atom. The third-order valence-electron chi connectivity index (χ3n) is 2.90. The van der Waals surface area contributed by atoms with E-state index >= 15 is 0 Å². The minimum atomic E-state index is -1.73. The fourth-order valence-electron chi connectivity index (χ4n) is 3.52. The van der Waals surface area contributed by atoms with Crippen molar-refractivity contribution in [2.24, 2.45) is 0 Å². The largest absolute Gasteiger partial charge is 4.00 e. The van der Waals surface area contributed by atoms with Gasteiger partial charge in [0.25, 0.3) is 0 Å². The summed E-state index contributed by atoms with van der Waals surface area (Å²) in [5, 5.41) is 13.6. The van der Waals surface area contributed by atoms with Gasteiger partial charge in [0.2, 0.25) is 0 Å². The molecule has 206 valence electrons. The topological polar surface area (TPSA) is 42.3 Å². The molecular weight excluding hydrogens is 573 g/mol. The zero-order valence-corrected chi connectivity index (χ0v) is 32.2. The Morgan fingerprint density at radius 1 is 0.457 bits per heavy atom. The summed E-state index contributed by atoms with van der Waals surface area (Å²) in [5.74, 6) is 0. The van der Waals surface area contributed by atoms with Crippen molar-refractivity contribution >= 4 is 20.3 Å². The molecule has 1 rings (SSSR count). The van der Waals surface area contributed by atoms with Crippen molar-refractivity contribution in [2.75, 3.05) is 0 Å². The van der Waals surface area contributed by atoms with E-state index in [1.54, 1.807) is 0 Å². The molecule has 0 aromatic heterocycles. The number of hydrogen-bond donors (Lipinski definition) is 0. The molecule has 6 heteroatoms. The van der Waals surface area contributed by atoms with Gasteiger partial charge in [0, 0.05) is 0 Å². The summed E-state index contributed by atoms with van der Waals surface area (Å²) in [5.41, 5.74) is 0.656. The van der Waals surface area contributed by atoms with E-state index in [0.29, 0.717) is 0 Å². The Labute approximate surface area is 246 Å². The first kappa shape index (κ1) is 42.7. The molecule has 0 N–H and O–H groups in total. The zero-order chi connectivity index (χ0) is 28.2. The molecule has 0 bridgehead atoms. The molecule has 1 aromatic rings. The Bertz CT molecular complexity index is 505. The maximum atomic E-state index is 11.7. The normalized spacial score (nSPS) is 13.0. The number of nitrogens with zero attached hydrogens (tertiary/aromatic N) is 3. The molecule has 0 unspecified atom stereocenters. The van der Waals surface area contributed by atoms with Gasteiger partial charge in [0.05, 0.1) is 0 Å². The van der Waals surface area contributed by atoms with Gasteiger partial charge in [-0.15, -0.1) is 33.2 Å². The van der Waals surface area contributed by atoms with Gasteiger partial charge in [0.1, 0.15) is 0 Å². The fraction of sp³-hybridized carbons (Fsp3) is 0.828. The molecule has 35 heavy (non-hydrogen) atoms. The van der Waals surface area contributed by atoms with Crippen molar-refractivity contribution in [3.8, 4) is 0 Å². The molecule has 0 radical (unpaired) electrons. The molecule has 0 heterocycles. The zero-order valence-electron chi connectivity index (χ0n) is 26.7. The van der Waals surface area contributed by atoms with Crippen molar-refractivity contribution in [3.05, 3.63) is 40.2 Å². The molecule has 0 aliphatic carbocycles. The summed E-state index contributed by atoms with van der Waals surface area (Å²) in [7, 11) is 0. The average molecular weight is 634 g/mol. The molecule has 0 aliphatic heterocycles. The third kappa shape index (κ3) is 48.3. The monoisotopic (exact) mass is 633 g/mol. The van der Waals surface area contributed by atoms with E-state index in [0.717, 1.165) is 4.40 Å². The van der Waals surface area contributed by atoms with Gasteiger partial charge in [-0.2, -0.15) is 0 Å². The van der Waals surface area contributed by atoms with E-state index < -0.39 is 15.9 Å². The first-order valence-corrected chi connectivity index (χ1v) is 15.1. The second kappa shape index (κ2) is 17.2. The Balaban J connectivity index is -0.000000182. The summed E-state index contributed by atoms with van der Waals surface area (Å²) in [4.78, 5) is 0. The standard InChI is InChI=1S/3C8H18N.C5H6FGe.Zr/c3*1-7(2,3)9-8(4,5)6;6-7-5-3-1-2-4-5;/h3*1-6H3;1-4H,7H2;/q4*-1;+4. The molecule has 0 atom stereocenters. The SMILES string of the molecule is CC(C)(C)[N-]C(C)(C)C.CC(C)(C)[N-]C(C)(C)C.CC(C)(C)[N-]C(C)(C)C.[F][GeH2][c-]1cccc1.[Zr+4]. The Kier molecular flexibility index (Phi) is 21.0. The van der Waals surface area contributed by atoms with Crippen LogP contribution >= 0.6 is 0 Å². The van der Waals surface area contributed by atoms with E-state index in [9.17, 15) is 3.50 Å². The van der Waals surface area contributed by atoms with Gasteiger partial charge in [0.15, 0.2) is 0 Å². The molecule has 0 spiro atoms. The second-order valence-corrected chi connectivity index (χ2v) is 17.1. The van der Waals surface area contributed by atoms with E-state index in [-0.39, 0.29) is 59.4 Å². The van der Waals surface area contributed by atoms with Crippen molar-refractivity contribution in [1.29, 1.82) is 0 Å². The molecular formula is C29H60FGeN3Zr. The van der Waals surface area contributed by atoms with Gasteiger partial charge in [-0.1, -0.05) is 125 Å². The third-order valence-corrected chi connectivity index (χ3v) is 4.54. The van der Waals surface area contributed by atoms with Crippen LogP contribution in [0.5, 0.6) is 0 Å². The number of halogens is 1. The van der Waals surface area contributed by atoms with Crippen molar-refractivity contribution in [2.45, 2.75) is 158 Å². The minimum Gasteiger partial charge on any atom is 4.00 e. The predicted molar refractivity (Wildman–Crippen MR) is 160 cm³/mol. The van der Waals surface area contributed by atoms with Crippen molar-refractivity contribution in [1.82, 2.24) is 0 Å². The summed E-state index contributed by atoms with van der Waals surface area (Å²) in [6, 6.07) is 7.44. The van der Waals surface area contributed by atoms with Crippen LogP contribution in [0.2, 0.25) is 0 Å². The van der Waals surface area contributed by atoms with E-state index in [1.165, 1.54) is 0 Å². The summed E-state index contributed by atoms with van der Waals surface area (Å²) < 4.78 is 12.7. The van der Waals surface area contributed by atoms with E-state index in [1.807, 2.05) is 24.3 Å². The molecule has 0 saturated heterocycles. The Hall–Kier alpha value is 0.586. The van der Waals surface area contributed by atoms with Crippen molar-refractivity contribution < 1.29 is 29.7 Å². The Morgan fingerprint density at radius 3 is 0.686 bits per heavy atom. The maximum Gasteiger partial charge on any atom is 4.00 e. The molecule has 0 saturated carbocycles. The van der Waals surface area contributed by atoms with Crippen LogP contribution in [-0.2, 0) is 26.2 Å². The summed E-state index contributed by atoms with van der Waals surface area (Å²) in [6.45, 7) is 38.2. The van der Waals surface area contributed by atoms with Gasteiger partial charge >= 0.3 is 74.3 Å². The van der Waals surface area contributed by atoms with Crippen LogP contribution in [0, 0.1) is 0 Å². The van der Waals surface area contributed by atoms with Gasteiger partial charge < -0.3 is 16.0 Å². The average Bonchev–Trinajstić information content (AvgIpc) is 2.89. The van der Waals surface area contributed by atoms with Crippen LogP contribution in [-0.4, -0.2) is 49.1 Å². The second-order valence-electron chi connectivity index (χ2n) is 14.8. The molecule has 3 nitrogen and oxygen atoms in total. The first-order chi connectivity index (χ1) is 14.6. The summed E-state index contributed by atoms with van der Waals surface area (Å²) in [6.07, 6.45) is 0. The number of rotatable bonds is 1.